The van der Waals surface area contributed by atoms with Crippen LogP contribution in [-0.2, 0) is 49.5 Å². The Morgan fingerprint density at radius 1 is 1.04 bits per heavy atom. The van der Waals surface area contributed by atoms with Crippen LogP contribution in [-0.4, -0.2) is 85.6 Å². The highest BCUT2D eigenvalue weighted by molar-refractivity contribution is 6.16. The summed E-state index contributed by atoms with van der Waals surface area (Å²) in [4.78, 5) is 75.0. The SMILES string of the molecule is [B][C@@]12CCC3=CC(=O)C=C[C@]3(C)C1[C@@H](O)C[C@@]1(C)C2C[C@H]2OC(CCC)O[C@]21C(=O)COC(=O)CCC(=O)OCc1ccc(NC(=O)CCCCNC(N)=O)cc1. The number of ether oxygens (including phenoxy) is 4. The van der Waals surface area contributed by atoms with Crippen molar-refractivity contribution in [1.82, 2.24) is 5.32 Å². The number of ketones is 2. The van der Waals surface area contributed by atoms with Crippen molar-refractivity contribution in [3.05, 3.63) is 53.6 Å². The first-order chi connectivity index (χ1) is 27.1. The minimum Gasteiger partial charge on any atom is -0.461 e. The fourth-order valence-electron chi connectivity index (χ4n) is 10.5. The number of unbranched alkanes of at least 4 members (excludes halogenated alkanes) is 1. The monoisotopic (exact) mass is 787 g/mol. The zero-order valence-electron chi connectivity index (χ0n) is 33.0. The van der Waals surface area contributed by atoms with Crippen molar-refractivity contribution in [2.75, 3.05) is 18.5 Å². The van der Waals surface area contributed by atoms with E-state index in [2.05, 4.69) is 10.6 Å². The minimum absolute atomic E-state index is 0.0477. The third-order valence-corrected chi connectivity index (χ3v) is 13.1. The smallest absolute Gasteiger partial charge is 0.312 e. The molecule has 9 atom stereocenters. The molecule has 3 amide bonds. The van der Waals surface area contributed by atoms with Crippen molar-refractivity contribution in [2.45, 2.75) is 127 Å². The zero-order chi connectivity index (χ0) is 41.2. The molecule has 6 rings (SSSR count). The van der Waals surface area contributed by atoms with Crippen LogP contribution in [0.4, 0.5) is 10.5 Å². The fourth-order valence-corrected chi connectivity index (χ4v) is 10.5. The Hall–Kier alpha value is -4.34. The Morgan fingerprint density at radius 2 is 1.75 bits per heavy atom. The van der Waals surface area contributed by atoms with E-state index in [1.54, 1.807) is 36.4 Å². The Balaban J connectivity index is 1.02. The summed E-state index contributed by atoms with van der Waals surface area (Å²) in [5.74, 6) is -2.79. The number of allylic oxidation sites excluding steroid dienone is 4. The molecule has 1 saturated heterocycles. The highest BCUT2D eigenvalue weighted by Crippen LogP contribution is 2.76. The number of hydrogen-bond acceptors (Lipinski definition) is 11. The average molecular weight is 788 g/mol. The van der Waals surface area contributed by atoms with Gasteiger partial charge in [0.2, 0.25) is 11.7 Å². The molecule has 5 aliphatic rings. The van der Waals surface area contributed by atoms with Crippen molar-refractivity contribution in [3.8, 4) is 0 Å². The molecule has 5 N–H and O–H groups in total. The van der Waals surface area contributed by atoms with Gasteiger partial charge in [0, 0.05) is 29.5 Å². The molecule has 15 heteroatoms. The minimum atomic E-state index is -1.52. The molecule has 306 valence electrons. The zero-order valence-corrected chi connectivity index (χ0v) is 33.0. The predicted octanol–water partition coefficient (Wildman–Crippen LogP) is 4.28. The quantitative estimate of drug-likeness (QED) is 0.106. The van der Waals surface area contributed by atoms with Gasteiger partial charge in [-0.3, -0.25) is 24.0 Å². The lowest BCUT2D eigenvalue weighted by Gasteiger charge is -2.65. The number of primary amides is 1. The molecule has 2 radical (unpaired) electrons. The normalized spacial score (nSPS) is 33.5. The van der Waals surface area contributed by atoms with Gasteiger partial charge in [-0.15, -0.1) is 0 Å². The van der Waals surface area contributed by atoms with E-state index in [1.807, 2.05) is 26.8 Å². The molecular weight excluding hydrogens is 733 g/mol. The molecule has 1 heterocycles. The number of rotatable bonds is 16. The van der Waals surface area contributed by atoms with Crippen LogP contribution >= 0.6 is 0 Å². The molecule has 0 aromatic heterocycles. The van der Waals surface area contributed by atoms with Gasteiger partial charge in [0.05, 0.1) is 32.9 Å². The van der Waals surface area contributed by atoms with Crippen LogP contribution in [0, 0.1) is 22.7 Å². The first-order valence-corrected chi connectivity index (χ1v) is 20.1. The second kappa shape index (κ2) is 16.9. The molecule has 14 nitrogen and oxygen atoms in total. The molecule has 4 aliphatic carbocycles. The Kier molecular flexibility index (Phi) is 12.5. The number of nitrogens with one attached hydrogen (secondary N) is 2. The van der Waals surface area contributed by atoms with Crippen molar-refractivity contribution < 1.29 is 52.8 Å². The molecule has 3 unspecified atom stereocenters. The van der Waals surface area contributed by atoms with E-state index in [4.69, 9.17) is 32.5 Å². The van der Waals surface area contributed by atoms with Gasteiger partial charge in [-0.05, 0) is 80.2 Å². The van der Waals surface area contributed by atoms with E-state index in [0.29, 0.717) is 56.3 Å². The molecule has 1 aliphatic heterocycles. The number of carbonyl (C=O) groups is 6. The number of benzene rings is 1. The highest BCUT2D eigenvalue weighted by atomic mass is 16.7. The van der Waals surface area contributed by atoms with Gasteiger partial charge < -0.3 is 40.4 Å². The van der Waals surface area contributed by atoms with Gasteiger partial charge in [0.15, 0.2) is 24.3 Å². The lowest BCUT2D eigenvalue weighted by Crippen LogP contribution is -2.65. The van der Waals surface area contributed by atoms with Gasteiger partial charge in [-0.1, -0.05) is 62.7 Å². The van der Waals surface area contributed by atoms with Crippen molar-refractivity contribution >= 4 is 49.0 Å². The molecule has 0 bridgehead atoms. The van der Waals surface area contributed by atoms with Crippen LogP contribution in [0.1, 0.15) is 97.0 Å². The summed E-state index contributed by atoms with van der Waals surface area (Å²) in [5, 5.41) is 16.4. The second-order valence-corrected chi connectivity index (χ2v) is 16.7. The van der Waals surface area contributed by atoms with Crippen molar-refractivity contribution in [1.29, 1.82) is 0 Å². The number of hydrogen-bond donors (Lipinski definition) is 4. The molecule has 1 aromatic carbocycles. The van der Waals surface area contributed by atoms with Crippen LogP contribution in [0.25, 0.3) is 0 Å². The largest absolute Gasteiger partial charge is 0.461 e. The number of Topliss-reactive ketones (excluding diaryl/α,β-unsaturated/α-hetero) is 1. The van der Waals surface area contributed by atoms with E-state index >= 15 is 0 Å². The summed E-state index contributed by atoms with van der Waals surface area (Å²) >= 11 is 0. The number of fused-ring (bicyclic) bond motifs is 7. The summed E-state index contributed by atoms with van der Waals surface area (Å²) in [6.07, 6.45) is 6.78. The average Bonchev–Trinajstić information content (AvgIpc) is 3.65. The van der Waals surface area contributed by atoms with Gasteiger partial charge in [-0.25, -0.2) is 4.79 Å². The van der Waals surface area contributed by atoms with E-state index in [9.17, 15) is 33.9 Å². The summed E-state index contributed by atoms with van der Waals surface area (Å²) in [5.41, 5.74) is 4.12. The van der Waals surface area contributed by atoms with Crippen LogP contribution in [0.15, 0.2) is 48.1 Å². The number of nitrogens with two attached hydrogens (primary N) is 1. The number of carbonyl (C=O) groups excluding carboxylic acids is 6. The number of aliphatic hydroxyl groups excluding tert-OH is 1. The van der Waals surface area contributed by atoms with Gasteiger partial charge in [0.1, 0.15) is 6.61 Å². The first-order valence-electron chi connectivity index (χ1n) is 20.1. The molecule has 57 heavy (non-hydrogen) atoms. The van der Waals surface area contributed by atoms with Gasteiger partial charge >= 0.3 is 18.0 Å². The van der Waals surface area contributed by atoms with Crippen LogP contribution in [0.5, 0.6) is 0 Å². The number of aliphatic hydroxyl groups is 1. The maximum absolute atomic E-state index is 14.4. The molecule has 1 aromatic rings. The number of amides is 3. The van der Waals surface area contributed by atoms with Gasteiger partial charge in [-0.2, -0.15) is 0 Å². The van der Waals surface area contributed by atoms with Crippen molar-refractivity contribution in [2.24, 2.45) is 28.4 Å². The number of esters is 2. The predicted molar refractivity (Wildman–Crippen MR) is 207 cm³/mol. The Bertz CT molecular complexity index is 1820. The van der Waals surface area contributed by atoms with Gasteiger partial charge in [0.25, 0.3) is 0 Å². The summed E-state index contributed by atoms with van der Waals surface area (Å²) in [7, 11) is 7.43. The number of urea groups is 1. The third kappa shape index (κ3) is 8.20. The summed E-state index contributed by atoms with van der Waals surface area (Å²) < 4.78 is 23.8. The maximum atomic E-state index is 14.4. The third-order valence-electron chi connectivity index (χ3n) is 13.1. The summed E-state index contributed by atoms with van der Waals surface area (Å²) in [6, 6.07) is 6.18. The van der Waals surface area contributed by atoms with Crippen LogP contribution < -0.4 is 16.4 Å². The molecular formula is C42H54BN3O11. The van der Waals surface area contributed by atoms with Crippen molar-refractivity contribution in [3.63, 3.8) is 0 Å². The van der Waals surface area contributed by atoms with Crippen LogP contribution in [0.2, 0.25) is 5.31 Å². The van der Waals surface area contributed by atoms with E-state index < -0.39 is 76.5 Å². The number of anilines is 1. The van der Waals surface area contributed by atoms with E-state index in [-0.39, 0.29) is 49.9 Å². The second-order valence-electron chi connectivity index (χ2n) is 16.7. The topological polar surface area (TPSA) is 210 Å². The summed E-state index contributed by atoms with van der Waals surface area (Å²) in [6.45, 7) is 5.70. The maximum Gasteiger partial charge on any atom is 0.312 e. The lowest BCUT2D eigenvalue weighted by atomic mass is 9.34. The molecule has 4 fully saturated rings. The van der Waals surface area contributed by atoms with Crippen LogP contribution in [0.3, 0.4) is 0 Å². The fraction of sp³-hybridized carbons (Fsp3) is 0.619. The van der Waals surface area contributed by atoms with E-state index in [1.165, 1.54) is 0 Å². The first kappa shape index (κ1) is 42.3. The molecule has 3 saturated carbocycles. The lowest BCUT2D eigenvalue weighted by molar-refractivity contribution is -0.198. The Morgan fingerprint density at radius 3 is 2.46 bits per heavy atom. The molecule has 0 spiro atoms. The standard InChI is InChI=1S/C42H54BN3O11/c1-4-7-36-56-32-21-30-40(3,22-29(48)37-39(2)17-16-28(47)20-26(39)15-18-41(30,37)43)42(32,57-36)31(49)24-55-35(52)14-13-34(51)54-23-25-9-11-27(12-10-25)46-33(50)8-5-6-19-45-38(44)53/h9-12,16-17,20,29-30,32,36-37,48H,4-8,13-15,18-19,21-24H2,1-3H3,(H,46,50)(H3,44,45,53)/t29-,30?,32+,36?,37?,39-,40-,41+,42+/m0/s1. The van der Waals surface area contributed by atoms with E-state index in [0.717, 1.165) is 12.0 Å². The Labute approximate surface area is 334 Å². The highest BCUT2D eigenvalue weighted by Gasteiger charge is 2.78.